The summed E-state index contributed by atoms with van der Waals surface area (Å²) in [5.74, 6) is -0.103. The largest absolute Gasteiger partial charge is 0.469 e. The van der Waals surface area contributed by atoms with Crippen LogP contribution in [0.4, 0.5) is 11.5 Å². The Bertz CT molecular complexity index is 1190. The number of aryl methyl sites for hydroxylation is 1. The van der Waals surface area contributed by atoms with Crippen molar-refractivity contribution < 1.29 is 14.5 Å². The average Bonchev–Trinajstić information content (AvgIpc) is 3.03. The van der Waals surface area contributed by atoms with Gasteiger partial charge in [0.05, 0.1) is 41.1 Å². The average molecular weight is 409 g/mol. The number of aromatic nitrogens is 3. The number of pyridine rings is 1. The molecule has 3 rings (SSSR count). The van der Waals surface area contributed by atoms with Crippen LogP contribution >= 0.6 is 0 Å². The van der Waals surface area contributed by atoms with Crippen LogP contribution in [0.15, 0.2) is 52.3 Å². The number of aromatic amines is 1. The highest BCUT2D eigenvalue weighted by Gasteiger charge is 2.21. The summed E-state index contributed by atoms with van der Waals surface area (Å²) in [5, 5.41) is 13.8. The number of carbonyl (C=O) groups excluding carboxylic acids is 1. The van der Waals surface area contributed by atoms with Crippen molar-refractivity contribution in [2.45, 2.75) is 20.3 Å². The van der Waals surface area contributed by atoms with Gasteiger partial charge in [-0.2, -0.15) is 0 Å². The van der Waals surface area contributed by atoms with Crippen LogP contribution in [-0.2, 0) is 16.0 Å². The fourth-order valence-corrected chi connectivity index (χ4v) is 2.92. The first kappa shape index (κ1) is 20.6. The molecule has 0 bridgehead atoms. The Morgan fingerprint density at radius 2 is 1.97 bits per heavy atom. The second-order valence-electron chi connectivity index (χ2n) is 6.47. The van der Waals surface area contributed by atoms with Crippen LogP contribution < -0.4 is 5.56 Å². The molecule has 0 aliphatic heterocycles. The summed E-state index contributed by atoms with van der Waals surface area (Å²) in [6.07, 6.45) is -0.171. The third-order valence-corrected chi connectivity index (χ3v) is 4.35. The molecule has 0 aliphatic rings. The zero-order valence-electron chi connectivity index (χ0n) is 16.6. The van der Waals surface area contributed by atoms with E-state index in [9.17, 15) is 19.7 Å². The number of hydrogen-bond acceptors (Lipinski definition) is 7. The van der Waals surface area contributed by atoms with Crippen molar-refractivity contribution in [2.75, 3.05) is 7.11 Å². The third-order valence-electron chi connectivity index (χ3n) is 4.35. The van der Waals surface area contributed by atoms with E-state index in [-0.39, 0.29) is 17.7 Å². The van der Waals surface area contributed by atoms with E-state index in [1.54, 1.807) is 19.1 Å². The Balaban J connectivity index is 2.12. The second-order valence-corrected chi connectivity index (χ2v) is 6.47. The van der Waals surface area contributed by atoms with Gasteiger partial charge in [-0.05, 0) is 38.1 Å². The minimum absolute atomic E-state index is 0.100. The number of non-ortho nitro benzene ring substituents is 1. The van der Waals surface area contributed by atoms with Crippen LogP contribution in [0.5, 0.6) is 0 Å². The highest BCUT2D eigenvalue weighted by molar-refractivity contribution is 6.01. The highest BCUT2D eigenvalue weighted by atomic mass is 16.6. The molecule has 2 heterocycles. The van der Waals surface area contributed by atoms with E-state index in [4.69, 9.17) is 4.74 Å². The van der Waals surface area contributed by atoms with Gasteiger partial charge in [-0.15, -0.1) is 0 Å². The van der Waals surface area contributed by atoms with Gasteiger partial charge in [-0.25, -0.2) is 14.7 Å². The van der Waals surface area contributed by atoms with Crippen LogP contribution in [-0.4, -0.2) is 38.5 Å². The predicted molar refractivity (Wildman–Crippen MR) is 110 cm³/mol. The minimum Gasteiger partial charge on any atom is -0.469 e. The Morgan fingerprint density at radius 3 is 2.57 bits per heavy atom. The zero-order chi connectivity index (χ0) is 21.8. The molecule has 0 saturated heterocycles. The summed E-state index contributed by atoms with van der Waals surface area (Å²) in [6, 6.07) is 10.8. The molecule has 2 aromatic heterocycles. The number of carbonyl (C=O) groups is 1. The predicted octanol–water partition coefficient (Wildman–Crippen LogP) is 2.63. The molecule has 154 valence electrons. The summed E-state index contributed by atoms with van der Waals surface area (Å²) in [6.45, 7) is 3.48. The van der Waals surface area contributed by atoms with E-state index in [0.717, 1.165) is 5.69 Å². The molecule has 0 fully saturated rings. The van der Waals surface area contributed by atoms with Crippen molar-refractivity contribution in [1.29, 1.82) is 0 Å². The molecule has 0 radical (unpaired) electrons. The number of rotatable bonds is 6. The van der Waals surface area contributed by atoms with E-state index < -0.39 is 16.5 Å². The molecular weight excluding hydrogens is 390 g/mol. The maximum absolute atomic E-state index is 13.1. The van der Waals surface area contributed by atoms with Crippen molar-refractivity contribution in [1.82, 2.24) is 14.8 Å². The maximum Gasteiger partial charge on any atom is 0.311 e. The number of aliphatic imine (C=N–C) groups is 1. The normalized spacial score (nSPS) is 11.4. The highest BCUT2D eigenvalue weighted by Crippen LogP contribution is 2.17. The lowest BCUT2D eigenvalue weighted by Gasteiger charge is -2.02. The van der Waals surface area contributed by atoms with Gasteiger partial charge in [0, 0.05) is 17.8 Å². The van der Waals surface area contributed by atoms with Crippen LogP contribution in [0.3, 0.4) is 0 Å². The van der Waals surface area contributed by atoms with E-state index in [0.29, 0.717) is 22.9 Å². The number of nitrogens with zero attached hydrogens (tertiary/aromatic N) is 4. The Kier molecular flexibility index (Phi) is 5.86. The third kappa shape index (κ3) is 4.32. The smallest absolute Gasteiger partial charge is 0.311 e. The van der Waals surface area contributed by atoms with Gasteiger partial charge >= 0.3 is 5.97 Å². The number of esters is 1. The summed E-state index contributed by atoms with van der Waals surface area (Å²) in [7, 11) is 1.26. The van der Waals surface area contributed by atoms with E-state index in [2.05, 4.69) is 15.1 Å². The molecule has 30 heavy (non-hydrogen) atoms. The molecule has 10 heteroatoms. The molecule has 1 N–H and O–H groups in total. The summed E-state index contributed by atoms with van der Waals surface area (Å²) in [4.78, 5) is 44.0. The molecule has 0 atom stereocenters. The number of nitrogens with one attached hydrogen (secondary N) is 1. The maximum atomic E-state index is 13.1. The SMILES string of the molecule is COC(=O)Cc1[nH]n(-c2ccc([N+](=O)[O-])cc2)c(=O)c1C(C)=Nc1cccc(C)n1. The minimum atomic E-state index is -0.533. The van der Waals surface area contributed by atoms with E-state index >= 15 is 0 Å². The molecular formula is C20H19N5O5. The van der Waals surface area contributed by atoms with Crippen molar-refractivity contribution in [3.05, 3.63) is 79.9 Å². The molecule has 3 aromatic rings. The molecule has 0 spiro atoms. The summed E-state index contributed by atoms with van der Waals surface area (Å²) < 4.78 is 5.93. The summed E-state index contributed by atoms with van der Waals surface area (Å²) >= 11 is 0. The lowest BCUT2D eigenvalue weighted by molar-refractivity contribution is -0.384. The van der Waals surface area contributed by atoms with Gasteiger partial charge in [0.25, 0.3) is 11.2 Å². The number of nitro groups is 1. The van der Waals surface area contributed by atoms with Crippen LogP contribution in [0.2, 0.25) is 0 Å². The quantitative estimate of drug-likeness (QED) is 0.288. The van der Waals surface area contributed by atoms with E-state index in [1.807, 2.05) is 13.0 Å². The van der Waals surface area contributed by atoms with Gasteiger partial charge in [0.15, 0.2) is 5.82 Å². The first-order chi connectivity index (χ1) is 14.3. The Hall–Kier alpha value is -4.08. The Morgan fingerprint density at radius 1 is 1.27 bits per heavy atom. The molecule has 0 aliphatic carbocycles. The lowest BCUT2D eigenvalue weighted by Crippen LogP contribution is -2.20. The fraction of sp³-hybridized carbons (Fsp3) is 0.200. The number of methoxy groups -OCH3 is 1. The second kappa shape index (κ2) is 8.52. The topological polar surface area (TPSA) is 132 Å². The first-order valence-electron chi connectivity index (χ1n) is 8.95. The van der Waals surface area contributed by atoms with Gasteiger partial charge < -0.3 is 4.74 Å². The van der Waals surface area contributed by atoms with Crippen molar-refractivity contribution in [3.63, 3.8) is 0 Å². The van der Waals surface area contributed by atoms with Crippen molar-refractivity contribution >= 4 is 23.2 Å². The number of hydrogen-bond donors (Lipinski definition) is 1. The number of ether oxygens (including phenoxy) is 1. The number of nitro benzene ring substituents is 1. The summed E-state index contributed by atoms with van der Waals surface area (Å²) in [5.41, 5.74) is 1.50. The van der Waals surface area contributed by atoms with Crippen LogP contribution in [0, 0.1) is 17.0 Å². The van der Waals surface area contributed by atoms with E-state index in [1.165, 1.54) is 36.1 Å². The van der Waals surface area contributed by atoms with Gasteiger partial charge in [0.2, 0.25) is 0 Å². The lowest BCUT2D eigenvalue weighted by atomic mass is 10.1. The number of H-pyrrole nitrogens is 1. The monoisotopic (exact) mass is 409 g/mol. The molecule has 1 aromatic carbocycles. The molecule has 0 amide bonds. The van der Waals surface area contributed by atoms with Crippen LogP contribution in [0.1, 0.15) is 23.9 Å². The van der Waals surface area contributed by atoms with Gasteiger partial charge in [-0.3, -0.25) is 24.8 Å². The van der Waals surface area contributed by atoms with Gasteiger partial charge in [0.1, 0.15) is 0 Å². The van der Waals surface area contributed by atoms with Crippen molar-refractivity contribution in [3.8, 4) is 5.69 Å². The Labute approximate surface area is 171 Å². The zero-order valence-corrected chi connectivity index (χ0v) is 16.6. The molecule has 10 nitrogen and oxygen atoms in total. The van der Waals surface area contributed by atoms with Crippen molar-refractivity contribution in [2.24, 2.45) is 4.99 Å². The number of benzene rings is 1. The van der Waals surface area contributed by atoms with Crippen LogP contribution in [0.25, 0.3) is 5.69 Å². The molecule has 0 unspecified atom stereocenters. The van der Waals surface area contributed by atoms with Gasteiger partial charge in [-0.1, -0.05) is 6.07 Å². The first-order valence-corrected chi connectivity index (χ1v) is 8.95. The fourth-order valence-electron chi connectivity index (χ4n) is 2.92. The standard InChI is InChI=1S/C20H19N5O5/c1-12-5-4-6-17(21-12)22-13(2)19-16(11-18(26)30-3)23-24(20(19)27)14-7-9-15(10-8-14)25(28)29/h4-10,23H,11H2,1-3H3. The molecule has 0 saturated carbocycles.